The zero-order valence-corrected chi connectivity index (χ0v) is 12.9. The maximum Gasteiger partial charge on any atom is 0.346 e. The number of hydrogen-bond acceptors (Lipinski definition) is 3. The number of alkyl halides is 1. The predicted molar refractivity (Wildman–Crippen MR) is 83.8 cm³/mol. The summed E-state index contributed by atoms with van der Waals surface area (Å²) in [5.74, 6) is -0.124. The van der Waals surface area contributed by atoms with Crippen molar-refractivity contribution >= 4 is 5.97 Å². The van der Waals surface area contributed by atoms with Crippen LogP contribution in [0.4, 0.5) is 4.39 Å². The molecule has 3 nitrogen and oxygen atoms in total. The molecule has 1 atom stereocenters. The number of carbonyl (C=O) groups is 1. The molecule has 0 N–H and O–H groups in total. The number of hydrogen-bond donors (Lipinski definition) is 0. The standard InChI is InChI=1S/C18H19FO3/c1-12(2)17(19)18(20)22-16-10-6-14(7-11-16)13-4-8-15(21-3)9-5-13/h4-12,17H,1-3H3. The number of carbonyl (C=O) groups excluding carboxylic acids is 1. The fourth-order valence-electron chi connectivity index (χ4n) is 1.94. The zero-order valence-electron chi connectivity index (χ0n) is 12.9. The first-order valence-electron chi connectivity index (χ1n) is 7.11. The van der Waals surface area contributed by atoms with Gasteiger partial charge in [0.15, 0.2) is 6.17 Å². The highest BCUT2D eigenvalue weighted by Gasteiger charge is 2.23. The van der Waals surface area contributed by atoms with Crippen molar-refractivity contribution in [1.82, 2.24) is 0 Å². The van der Waals surface area contributed by atoms with Crippen molar-refractivity contribution in [2.24, 2.45) is 5.92 Å². The maximum atomic E-state index is 13.5. The molecule has 0 spiro atoms. The second kappa shape index (κ2) is 7.07. The molecule has 0 aromatic heterocycles. The molecule has 116 valence electrons. The minimum atomic E-state index is -1.61. The fourth-order valence-corrected chi connectivity index (χ4v) is 1.94. The molecular formula is C18H19FO3. The molecule has 1 unspecified atom stereocenters. The summed E-state index contributed by atoms with van der Waals surface area (Å²) in [5.41, 5.74) is 1.99. The van der Waals surface area contributed by atoms with Crippen LogP contribution in [0, 0.1) is 5.92 Å². The van der Waals surface area contributed by atoms with Gasteiger partial charge in [-0.1, -0.05) is 38.1 Å². The summed E-state index contributed by atoms with van der Waals surface area (Å²) >= 11 is 0. The monoisotopic (exact) mass is 302 g/mol. The molecule has 0 saturated carbocycles. The maximum absolute atomic E-state index is 13.5. The van der Waals surface area contributed by atoms with Crippen LogP contribution < -0.4 is 9.47 Å². The first kappa shape index (κ1) is 16.0. The molecule has 4 heteroatoms. The van der Waals surface area contributed by atoms with Gasteiger partial charge in [-0.3, -0.25) is 0 Å². The van der Waals surface area contributed by atoms with Gasteiger partial charge in [0.25, 0.3) is 0 Å². The van der Waals surface area contributed by atoms with Gasteiger partial charge in [-0.25, -0.2) is 9.18 Å². The van der Waals surface area contributed by atoms with Crippen molar-refractivity contribution in [3.05, 3.63) is 48.5 Å². The third-order valence-corrected chi connectivity index (χ3v) is 3.31. The van der Waals surface area contributed by atoms with E-state index < -0.39 is 18.1 Å². The Morgan fingerprint density at radius 1 is 0.909 bits per heavy atom. The second-order valence-corrected chi connectivity index (χ2v) is 5.32. The van der Waals surface area contributed by atoms with Crippen LogP contribution in [-0.2, 0) is 4.79 Å². The van der Waals surface area contributed by atoms with Crippen molar-refractivity contribution < 1.29 is 18.7 Å². The summed E-state index contributed by atoms with van der Waals surface area (Å²) in [7, 11) is 1.62. The summed E-state index contributed by atoms with van der Waals surface area (Å²) in [5, 5.41) is 0. The summed E-state index contributed by atoms with van der Waals surface area (Å²) in [6.07, 6.45) is -1.61. The molecule has 0 heterocycles. The van der Waals surface area contributed by atoms with E-state index >= 15 is 0 Å². The average Bonchev–Trinajstić information content (AvgIpc) is 2.54. The molecule has 22 heavy (non-hydrogen) atoms. The lowest BCUT2D eigenvalue weighted by Gasteiger charge is -2.11. The number of ether oxygens (including phenoxy) is 2. The second-order valence-electron chi connectivity index (χ2n) is 5.32. The third kappa shape index (κ3) is 3.85. The number of halogens is 1. The van der Waals surface area contributed by atoms with Crippen molar-refractivity contribution in [3.8, 4) is 22.6 Å². The van der Waals surface area contributed by atoms with Crippen molar-refractivity contribution in [1.29, 1.82) is 0 Å². The summed E-state index contributed by atoms with van der Waals surface area (Å²) in [6.45, 7) is 3.28. The Bertz CT molecular complexity index is 618. The molecule has 0 saturated heterocycles. The smallest absolute Gasteiger partial charge is 0.346 e. The molecular weight excluding hydrogens is 283 g/mol. The summed E-state index contributed by atoms with van der Waals surface area (Å²) in [6, 6.07) is 14.6. The van der Waals surface area contributed by atoms with E-state index in [9.17, 15) is 9.18 Å². The lowest BCUT2D eigenvalue weighted by molar-refractivity contribution is -0.141. The van der Waals surface area contributed by atoms with Crippen LogP contribution in [-0.4, -0.2) is 19.3 Å². The highest BCUT2D eigenvalue weighted by molar-refractivity contribution is 5.77. The molecule has 2 aromatic carbocycles. The van der Waals surface area contributed by atoms with E-state index in [1.54, 1.807) is 33.1 Å². The molecule has 0 aliphatic rings. The van der Waals surface area contributed by atoms with Crippen LogP contribution >= 0.6 is 0 Å². The van der Waals surface area contributed by atoms with Gasteiger partial charge in [0.05, 0.1) is 7.11 Å². The van der Waals surface area contributed by atoms with E-state index in [2.05, 4.69) is 0 Å². The Hall–Kier alpha value is -2.36. The third-order valence-electron chi connectivity index (χ3n) is 3.31. The number of benzene rings is 2. The highest BCUT2D eigenvalue weighted by atomic mass is 19.1. The predicted octanol–water partition coefficient (Wildman–Crippen LogP) is 4.26. The van der Waals surface area contributed by atoms with Gasteiger partial charge in [0.2, 0.25) is 0 Å². The largest absolute Gasteiger partial charge is 0.497 e. The van der Waals surface area contributed by atoms with Gasteiger partial charge in [-0.05, 0) is 41.3 Å². The van der Waals surface area contributed by atoms with E-state index in [0.717, 1.165) is 16.9 Å². The summed E-state index contributed by atoms with van der Waals surface area (Å²) < 4.78 is 23.7. The quantitative estimate of drug-likeness (QED) is 0.611. The first-order valence-corrected chi connectivity index (χ1v) is 7.11. The van der Waals surface area contributed by atoms with Gasteiger partial charge in [-0.15, -0.1) is 0 Å². The topological polar surface area (TPSA) is 35.5 Å². The zero-order chi connectivity index (χ0) is 16.1. The Labute approximate surface area is 129 Å². The minimum absolute atomic E-state index is 0.338. The van der Waals surface area contributed by atoms with Crippen molar-refractivity contribution in [2.75, 3.05) is 7.11 Å². The van der Waals surface area contributed by atoms with E-state index in [0.29, 0.717) is 5.75 Å². The number of methoxy groups -OCH3 is 1. The van der Waals surface area contributed by atoms with Crippen molar-refractivity contribution in [3.63, 3.8) is 0 Å². The molecule has 0 fully saturated rings. The van der Waals surface area contributed by atoms with Crippen LogP contribution in [0.3, 0.4) is 0 Å². The molecule has 0 aliphatic carbocycles. The van der Waals surface area contributed by atoms with Crippen LogP contribution in [0.15, 0.2) is 48.5 Å². The van der Waals surface area contributed by atoms with E-state index in [1.165, 1.54) is 0 Å². The molecule has 0 radical (unpaired) electrons. The minimum Gasteiger partial charge on any atom is -0.497 e. The lowest BCUT2D eigenvalue weighted by atomic mass is 10.1. The molecule has 0 aliphatic heterocycles. The fraction of sp³-hybridized carbons (Fsp3) is 0.278. The van der Waals surface area contributed by atoms with Gasteiger partial charge in [0.1, 0.15) is 11.5 Å². The van der Waals surface area contributed by atoms with Crippen LogP contribution in [0.5, 0.6) is 11.5 Å². The van der Waals surface area contributed by atoms with Gasteiger partial charge < -0.3 is 9.47 Å². The van der Waals surface area contributed by atoms with Gasteiger partial charge >= 0.3 is 5.97 Å². The van der Waals surface area contributed by atoms with E-state index in [4.69, 9.17) is 9.47 Å². The SMILES string of the molecule is COc1ccc(-c2ccc(OC(=O)C(F)C(C)C)cc2)cc1. The number of esters is 1. The Morgan fingerprint density at radius 2 is 1.36 bits per heavy atom. The van der Waals surface area contributed by atoms with E-state index in [-0.39, 0.29) is 0 Å². The Morgan fingerprint density at radius 3 is 1.77 bits per heavy atom. The van der Waals surface area contributed by atoms with Crippen LogP contribution in [0.25, 0.3) is 11.1 Å². The number of rotatable bonds is 5. The van der Waals surface area contributed by atoms with Crippen LogP contribution in [0.1, 0.15) is 13.8 Å². The molecule has 2 aromatic rings. The molecule has 0 amide bonds. The highest BCUT2D eigenvalue weighted by Crippen LogP contribution is 2.25. The van der Waals surface area contributed by atoms with Crippen molar-refractivity contribution in [2.45, 2.75) is 20.0 Å². The average molecular weight is 302 g/mol. The normalized spacial score (nSPS) is 12.0. The van der Waals surface area contributed by atoms with E-state index in [1.807, 2.05) is 36.4 Å². The Kier molecular flexibility index (Phi) is 5.15. The van der Waals surface area contributed by atoms with Gasteiger partial charge in [-0.2, -0.15) is 0 Å². The molecule has 0 bridgehead atoms. The van der Waals surface area contributed by atoms with Gasteiger partial charge in [0, 0.05) is 0 Å². The lowest BCUT2D eigenvalue weighted by Crippen LogP contribution is -2.26. The Balaban J connectivity index is 2.08. The van der Waals surface area contributed by atoms with Crippen LogP contribution in [0.2, 0.25) is 0 Å². The first-order chi connectivity index (χ1) is 10.5. The summed E-state index contributed by atoms with van der Waals surface area (Å²) in [4.78, 5) is 11.6. The molecule has 2 rings (SSSR count).